The number of nitrogens with one attached hydrogen (secondary N) is 3. The number of carbonyl (C=O) groups is 2. The summed E-state index contributed by atoms with van der Waals surface area (Å²) in [6, 6.07) is 24.7. The van der Waals surface area contributed by atoms with Crippen LogP contribution in [0.3, 0.4) is 0 Å². The summed E-state index contributed by atoms with van der Waals surface area (Å²) in [7, 11) is 1.63. The van der Waals surface area contributed by atoms with E-state index in [2.05, 4.69) is 21.2 Å². The molecule has 0 saturated carbocycles. The zero-order chi connectivity index (χ0) is 23.2. The first kappa shape index (κ1) is 22.1. The van der Waals surface area contributed by atoms with Crippen LogP contribution in [0.5, 0.6) is 5.75 Å². The van der Waals surface area contributed by atoms with E-state index >= 15 is 0 Å². The lowest BCUT2D eigenvalue weighted by Gasteiger charge is -2.28. The molecular weight excluding hydrogens is 416 g/mol. The molecule has 0 aromatic heterocycles. The number of methoxy groups -OCH3 is 1. The third-order valence-corrected chi connectivity index (χ3v) is 5.61. The van der Waals surface area contributed by atoms with Gasteiger partial charge in [0.2, 0.25) is 0 Å². The molecule has 33 heavy (non-hydrogen) atoms. The summed E-state index contributed by atoms with van der Waals surface area (Å²) in [4.78, 5) is 24.8. The van der Waals surface area contributed by atoms with E-state index in [9.17, 15) is 9.59 Å². The molecular formula is C26H26N4O3. The number of benzene rings is 3. The van der Waals surface area contributed by atoms with E-state index in [0.29, 0.717) is 12.1 Å². The third kappa shape index (κ3) is 5.20. The van der Waals surface area contributed by atoms with Gasteiger partial charge in [-0.2, -0.15) is 5.10 Å². The highest BCUT2D eigenvalue weighted by Gasteiger charge is 2.25. The van der Waals surface area contributed by atoms with Crippen LogP contribution in [0.1, 0.15) is 42.1 Å². The number of fused-ring (bicyclic) bond motifs is 1. The molecule has 2 amide bonds. The van der Waals surface area contributed by atoms with Crippen LogP contribution < -0.4 is 20.8 Å². The van der Waals surface area contributed by atoms with Gasteiger partial charge in [-0.15, -0.1) is 0 Å². The van der Waals surface area contributed by atoms with E-state index in [-0.39, 0.29) is 12.1 Å². The highest BCUT2D eigenvalue weighted by atomic mass is 16.5. The second-order valence-corrected chi connectivity index (χ2v) is 7.83. The van der Waals surface area contributed by atoms with E-state index < -0.39 is 11.8 Å². The predicted octanol–water partition coefficient (Wildman–Crippen LogP) is 3.95. The van der Waals surface area contributed by atoms with Crippen LogP contribution in [0, 0.1) is 0 Å². The van der Waals surface area contributed by atoms with Crippen molar-refractivity contribution < 1.29 is 14.3 Å². The molecule has 0 bridgehead atoms. The summed E-state index contributed by atoms with van der Waals surface area (Å²) >= 11 is 0. The minimum atomic E-state index is -0.806. The maximum Gasteiger partial charge on any atom is 0.329 e. The molecule has 1 aliphatic rings. The number of rotatable bonds is 5. The van der Waals surface area contributed by atoms with Crippen LogP contribution in [-0.4, -0.2) is 24.6 Å². The fraction of sp³-hybridized carbons (Fsp3) is 0.192. The maximum absolute atomic E-state index is 12.4. The number of hydrogen-bond acceptors (Lipinski definition) is 5. The van der Waals surface area contributed by atoms with Gasteiger partial charge in [0.15, 0.2) is 0 Å². The van der Waals surface area contributed by atoms with Crippen molar-refractivity contribution >= 4 is 23.2 Å². The minimum Gasteiger partial charge on any atom is -0.497 e. The Morgan fingerprint density at radius 3 is 2.55 bits per heavy atom. The SMILES string of the molecule is COc1cccc([C@@H]2C/C(=N\NC(=O)C(=O)N[C@@H](C)c3ccccc3)c3ccccc3N2)c1. The van der Waals surface area contributed by atoms with Crippen LogP contribution >= 0.6 is 0 Å². The number of anilines is 1. The zero-order valence-corrected chi connectivity index (χ0v) is 18.5. The Kier molecular flexibility index (Phi) is 6.69. The van der Waals surface area contributed by atoms with Gasteiger partial charge in [0, 0.05) is 17.7 Å². The quantitative estimate of drug-likeness (QED) is 0.412. The molecule has 1 heterocycles. The molecule has 0 aliphatic carbocycles. The monoisotopic (exact) mass is 442 g/mol. The molecule has 1 aliphatic heterocycles. The first-order valence-corrected chi connectivity index (χ1v) is 10.8. The highest BCUT2D eigenvalue weighted by Crippen LogP contribution is 2.33. The number of nitrogens with zero attached hydrogens (tertiary/aromatic N) is 1. The molecule has 168 valence electrons. The number of carbonyl (C=O) groups excluding carboxylic acids is 2. The lowest BCUT2D eigenvalue weighted by Crippen LogP contribution is -2.39. The van der Waals surface area contributed by atoms with Crippen LogP contribution in [0.4, 0.5) is 5.69 Å². The molecule has 2 atom stereocenters. The first-order chi connectivity index (χ1) is 16.0. The van der Waals surface area contributed by atoms with Crippen molar-refractivity contribution in [3.8, 4) is 5.75 Å². The normalized spacial score (nSPS) is 16.8. The average Bonchev–Trinajstić information content (AvgIpc) is 2.87. The van der Waals surface area contributed by atoms with Crippen molar-refractivity contribution in [2.45, 2.75) is 25.4 Å². The molecule has 0 radical (unpaired) electrons. The largest absolute Gasteiger partial charge is 0.497 e. The van der Waals surface area contributed by atoms with E-state index in [0.717, 1.165) is 28.1 Å². The number of amides is 2. The van der Waals surface area contributed by atoms with Crippen LogP contribution in [0.15, 0.2) is 84.0 Å². The van der Waals surface area contributed by atoms with Gasteiger partial charge < -0.3 is 15.4 Å². The standard InChI is InChI=1S/C26H26N4O3/c1-17(18-9-4-3-5-10-18)27-25(31)26(32)30-29-24-16-23(19-11-8-12-20(15-19)33-2)28-22-14-7-6-13-21(22)24/h3-15,17,23,28H,16H2,1-2H3,(H,27,31)(H,30,32)/b29-24+/t17-,23-/m0/s1. The number of para-hydroxylation sites is 1. The highest BCUT2D eigenvalue weighted by molar-refractivity contribution is 6.35. The second kappa shape index (κ2) is 9.99. The van der Waals surface area contributed by atoms with Gasteiger partial charge in [-0.25, -0.2) is 5.43 Å². The first-order valence-electron chi connectivity index (χ1n) is 10.8. The Morgan fingerprint density at radius 1 is 1.00 bits per heavy atom. The summed E-state index contributed by atoms with van der Waals surface area (Å²) < 4.78 is 5.35. The van der Waals surface area contributed by atoms with Crippen molar-refractivity contribution in [3.63, 3.8) is 0 Å². The summed E-state index contributed by atoms with van der Waals surface area (Å²) in [6.45, 7) is 1.83. The Labute approximate surface area is 192 Å². The Bertz CT molecular complexity index is 1180. The maximum atomic E-state index is 12.4. The topological polar surface area (TPSA) is 91.8 Å². The van der Waals surface area contributed by atoms with Gasteiger partial charge in [-0.05, 0) is 36.2 Å². The summed E-state index contributed by atoms with van der Waals surface area (Å²) in [5, 5.41) is 10.6. The third-order valence-electron chi connectivity index (χ3n) is 5.61. The minimum absolute atomic E-state index is 0.0578. The Hall–Kier alpha value is -4.13. The molecule has 0 fully saturated rings. The molecule has 3 aromatic carbocycles. The summed E-state index contributed by atoms with van der Waals surface area (Å²) in [6.07, 6.45) is 0.534. The lowest BCUT2D eigenvalue weighted by molar-refractivity contribution is -0.139. The van der Waals surface area contributed by atoms with Crippen molar-refractivity contribution in [1.29, 1.82) is 0 Å². The number of hydrogen-bond donors (Lipinski definition) is 3. The fourth-order valence-electron chi connectivity index (χ4n) is 3.82. The van der Waals surface area contributed by atoms with Crippen molar-refractivity contribution in [2.24, 2.45) is 5.10 Å². The molecule has 3 N–H and O–H groups in total. The molecule has 0 spiro atoms. The van der Waals surface area contributed by atoms with Crippen LogP contribution in [0.2, 0.25) is 0 Å². The van der Waals surface area contributed by atoms with Crippen molar-refractivity contribution in [1.82, 2.24) is 10.7 Å². The average molecular weight is 443 g/mol. The second-order valence-electron chi connectivity index (χ2n) is 7.83. The van der Waals surface area contributed by atoms with Gasteiger partial charge in [-0.1, -0.05) is 60.7 Å². The van der Waals surface area contributed by atoms with Crippen molar-refractivity contribution in [3.05, 3.63) is 95.6 Å². The fourth-order valence-corrected chi connectivity index (χ4v) is 3.82. The zero-order valence-electron chi connectivity index (χ0n) is 18.5. The van der Waals surface area contributed by atoms with E-state index in [1.54, 1.807) is 7.11 Å². The Balaban J connectivity index is 1.49. The molecule has 0 saturated heterocycles. The van der Waals surface area contributed by atoms with E-state index in [4.69, 9.17) is 4.74 Å². The predicted molar refractivity (Wildman–Crippen MR) is 128 cm³/mol. The lowest BCUT2D eigenvalue weighted by atomic mass is 9.92. The summed E-state index contributed by atoms with van der Waals surface area (Å²) in [5.41, 5.74) is 6.87. The van der Waals surface area contributed by atoms with Gasteiger partial charge in [0.05, 0.1) is 24.9 Å². The molecule has 4 rings (SSSR count). The molecule has 7 heteroatoms. The van der Waals surface area contributed by atoms with Crippen molar-refractivity contribution in [2.75, 3.05) is 12.4 Å². The molecule has 7 nitrogen and oxygen atoms in total. The van der Waals surface area contributed by atoms with Gasteiger partial charge in [0.25, 0.3) is 0 Å². The van der Waals surface area contributed by atoms with Crippen LogP contribution in [-0.2, 0) is 9.59 Å². The smallest absolute Gasteiger partial charge is 0.329 e. The van der Waals surface area contributed by atoms with E-state index in [1.165, 1.54) is 0 Å². The van der Waals surface area contributed by atoms with E-state index in [1.807, 2.05) is 85.8 Å². The van der Waals surface area contributed by atoms with Gasteiger partial charge in [-0.3, -0.25) is 9.59 Å². The van der Waals surface area contributed by atoms with Gasteiger partial charge >= 0.3 is 11.8 Å². The van der Waals surface area contributed by atoms with Crippen LogP contribution in [0.25, 0.3) is 0 Å². The number of hydrazone groups is 1. The molecule has 3 aromatic rings. The Morgan fingerprint density at radius 2 is 1.76 bits per heavy atom. The summed E-state index contributed by atoms with van der Waals surface area (Å²) in [5.74, 6) is -0.773. The van der Waals surface area contributed by atoms with Gasteiger partial charge in [0.1, 0.15) is 5.75 Å². The number of ether oxygens (including phenoxy) is 1. The molecule has 0 unspecified atom stereocenters.